The molecule has 198 valence electrons. The number of carbonyl (C=O) groups excluding carboxylic acids is 1. The average molecular weight is 542 g/mol. The number of benzene rings is 2. The molecule has 9 nitrogen and oxygen atoms in total. The van der Waals surface area contributed by atoms with Gasteiger partial charge in [-0.3, -0.25) is 4.55 Å². The van der Waals surface area contributed by atoms with E-state index in [1.54, 1.807) is 43.5 Å². The summed E-state index contributed by atoms with van der Waals surface area (Å²) >= 11 is -2.58. The van der Waals surface area contributed by atoms with E-state index >= 15 is 0 Å². The smallest absolute Gasteiger partial charge is 0.345 e. The average Bonchev–Trinajstić information content (AvgIpc) is 3.51. The second kappa shape index (κ2) is 10.5. The van der Waals surface area contributed by atoms with Crippen LogP contribution < -0.4 is 9.21 Å². The Morgan fingerprint density at radius 1 is 1.21 bits per heavy atom. The summed E-state index contributed by atoms with van der Waals surface area (Å²) < 4.78 is 58.8. The first-order chi connectivity index (χ1) is 18.3. The number of esters is 1. The minimum atomic E-state index is -2.58. The van der Waals surface area contributed by atoms with E-state index in [1.165, 1.54) is 10.6 Å². The van der Waals surface area contributed by atoms with Crippen LogP contribution in [-0.4, -0.2) is 42.5 Å². The molecule has 1 aliphatic rings. The topological polar surface area (TPSA) is 100 Å². The quantitative estimate of drug-likeness (QED) is 0.256. The lowest BCUT2D eigenvalue weighted by Gasteiger charge is -2.26. The highest BCUT2D eigenvalue weighted by Crippen LogP contribution is 2.38. The van der Waals surface area contributed by atoms with Crippen molar-refractivity contribution in [2.45, 2.75) is 32.7 Å². The Kier molecular flexibility index (Phi) is 7.09. The van der Waals surface area contributed by atoms with E-state index in [-0.39, 0.29) is 29.2 Å². The fraction of sp³-hybridized carbons (Fsp3) is 0.269. The van der Waals surface area contributed by atoms with Crippen LogP contribution in [0, 0.1) is 18.6 Å². The van der Waals surface area contributed by atoms with Crippen LogP contribution in [-0.2, 0) is 16.0 Å². The SMILES string of the molecule is CCOC(=O)c1c(N(c2ccc(C)cc2)S(=O)O)nn2ccc(N3CCCC3c3cc(F)ccc3F)nc12. The second-order valence-electron chi connectivity index (χ2n) is 8.85. The van der Waals surface area contributed by atoms with Crippen LogP contribution in [0.15, 0.2) is 54.7 Å². The summed E-state index contributed by atoms with van der Waals surface area (Å²) in [5, 5.41) is 4.41. The highest BCUT2D eigenvalue weighted by Gasteiger charge is 2.33. The fourth-order valence-corrected chi connectivity index (χ4v) is 5.27. The molecular formula is C26H25F2N5O4S. The number of nitrogens with zero attached hydrogens (tertiary/aromatic N) is 5. The number of aryl methyl sites for hydroxylation is 1. The Labute approximate surface area is 220 Å². The summed E-state index contributed by atoms with van der Waals surface area (Å²) in [7, 11) is 0. The maximum atomic E-state index is 14.6. The van der Waals surface area contributed by atoms with Gasteiger partial charge in [-0.2, -0.15) is 0 Å². The Bertz CT molecular complexity index is 1530. The molecule has 5 rings (SSSR count). The highest BCUT2D eigenvalue weighted by atomic mass is 32.2. The zero-order valence-electron chi connectivity index (χ0n) is 20.7. The molecule has 2 unspecified atom stereocenters. The number of ether oxygens (including phenoxy) is 1. The van der Waals surface area contributed by atoms with Gasteiger partial charge in [-0.15, -0.1) is 5.10 Å². The lowest BCUT2D eigenvalue weighted by atomic mass is 10.0. The third-order valence-corrected chi connectivity index (χ3v) is 7.11. The number of carbonyl (C=O) groups is 1. The van der Waals surface area contributed by atoms with Crippen LogP contribution in [0.4, 0.5) is 26.1 Å². The van der Waals surface area contributed by atoms with Crippen LogP contribution in [0.1, 0.15) is 47.3 Å². The molecule has 1 fully saturated rings. The monoisotopic (exact) mass is 541 g/mol. The molecule has 12 heteroatoms. The van der Waals surface area contributed by atoms with Crippen molar-refractivity contribution >= 4 is 40.2 Å². The summed E-state index contributed by atoms with van der Waals surface area (Å²) in [6.07, 6.45) is 2.88. The van der Waals surface area contributed by atoms with Crippen LogP contribution in [0.5, 0.6) is 0 Å². The van der Waals surface area contributed by atoms with Crippen molar-refractivity contribution in [3.8, 4) is 0 Å². The Hall–Kier alpha value is -3.90. The third-order valence-electron chi connectivity index (χ3n) is 6.41. The number of hydrogen-bond acceptors (Lipinski definition) is 6. The molecule has 0 radical (unpaired) electrons. The molecule has 1 N–H and O–H groups in total. The lowest BCUT2D eigenvalue weighted by Crippen LogP contribution is -2.24. The van der Waals surface area contributed by atoms with Gasteiger partial charge in [-0.1, -0.05) is 17.7 Å². The molecule has 3 heterocycles. The van der Waals surface area contributed by atoms with E-state index in [4.69, 9.17) is 4.74 Å². The second-order valence-corrected chi connectivity index (χ2v) is 9.68. The summed E-state index contributed by atoms with van der Waals surface area (Å²) in [4.78, 5) is 19.6. The van der Waals surface area contributed by atoms with Crippen LogP contribution in [0.2, 0.25) is 0 Å². The molecule has 1 aliphatic heterocycles. The number of hydrogen-bond donors (Lipinski definition) is 1. The van der Waals surface area contributed by atoms with E-state index in [1.807, 2.05) is 11.8 Å². The fourth-order valence-electron chi connectivity index (χ4n) is 4.70. The third kappa shape index (κ3) is 4.72. The first-order valence-electron chi connectivity index (χ1n) is 12.0. The van der Waals surface area contributed by atoms with Crippen molar-refractivity contribution in [1.29, 1.82) is 0 Å². The zero-order chi connectivity index (χ0) is 27.0. The van der Waals surface area contributed by atoms with Gasteiger partial charge in [0.25, 0.3) is 11.3 Å². The van der Waals surface area contributed by atoms with Gasteiger partial charge in [-0.25, -0.2) is 31.6 Å². The minimum Gasteiger partial charge on any atom is -0.462 e. The zero-order valence-corrected chi connectivity index (χ0v) is 21.5. The molecule has 0 bridgehead atoms. The van der Waals surface area contributed by atoms with Crippen molar-refractivity contribution in [2.24, 2.45) is 0 Å². The van der Waals surface area contributed by atoms with Gasteiger partial charge in [0.2, 0.25) is 0 Å². The molecule has 0 saturated carbocycles. The first kappa shape index (κ1) is 25.7. The Morgan fingerprint density at radius 2 is 1.97 bits per heavy atom. The molecule has 2 atom stereocenters. The summed E-state index contributed by atoms with van der Waals surface area (Å²) in [6.45, 7) is 4.13. The van der Waals surface area contributed by atoms with Gasteiger partial charge >= 0.3 is 5.97 Å². The summed E-state index contributed by atoms with van der Waals surface area (Å²) in [5.41, 5.74) is 1.52. The van der Waals surface area contributed by atoms with E-state index in [0.29, 0.717) is 24.5 Å². The molecule has 0 amide bonds. The molecular weight excluding hydrogens is 516 g/mol. The molecule has 4 aromatic rings. The molecule has 2 aromatic carbocycles. The van der Waals surface area contributed by atoms with Gasteiger partial charge in [0.15, 0.2) is 11.5 Å². The molecule has 1 saturated heterocycles. The number of halogens is 2. The Morgan fingerprint density at radius 3 is 2.68 bits per heavy atom. The predicted molar refractivity (Wildman–Crippen MR) is 139 cm³/mol. The standard InChI is InChI=1S/C26H25F2N5O4S/c1-3-37-26(34)23-24-29-22(31-13-4-5-21(31)19-15-17(27)8-11-20(19)28)12-14-32(24)30-25(23)33(38(35)36)18-9-6-16(2)7-10-18/h6-12,14-15,21H,3-5,13H2,1-2H3,(H,35,36). The largest absolute Gasteiger partial charge is 0.462 e. The summed E-state index contributed by atoms with van der Waals surface area (Å²) in [6, 6.07) is 11.4. The van der Waals surface area contributed by atoms with Gasteiger partial charge in [0, 0.05) is 18.3 Å². The van der Waals surface area contributed by atoms with Crippen molar-refractivity contribution in [1.82, 2.24) is 14.6 Å². The maximum Gasteiger partial charge on any atom is 0.345 e. The van der Waals surface area contributed by atoms with E-state index < -0.39 is 34.9 Å². The van der Waals surface area contributed by atoms with Gasteiger partial charge in [-0.05, 0) is 63.1 Å². The van der Waals surface area contributed by atoms with Crippen molar-refractivity contribution in [3.63, 3.8) is 0 Å². The number of fused-ring (bicyclic) bond motifs is 1. The molecule has 2 aromatic heterocycles. The van der Waals surface area contributed by atoms with Crippen LogP contribution in [0.25, 0.3) is 5.65 Å². The lowest BCUT2D eigenvalue weighted by molar-refractivity contribution is 0.0529. The number of aromatic nitrogens is 3. The van der Waals surface area contributed by atoms with Crippen molar-refractivity contribution < 1.29 is 27.1 Å². The van der Waals surface area contributed by atoms with E-state index in [2.05, 4.69) is 10.1 Å². The maximum absolute atomic E-state index is 14.6. The summed E-state index contributed by atoms with van der Waals surface area (Å²) in [5.74, 6) is -1.49. The van der Waals surface area contributed by atoms with Gasteiger partial charge in [0.05, 0.1) is 18.3 Å². The number of rotatable bonds is 7. The van der Waals surface area contributed by atoms with Crippen LogP contribution >= 0.6 is 0 Å². The first-order valence-corrected chi connectivity index (χ1v) is 13.1. The van der Waals surface area contributed by atoms with Gasteiger partial charge in [0.1, 0.15) is 23.0 Å². The minimum absolute atomic E-state index is 0.0646. The highest BCUT2D eigenvalue weighted by molar-refractivity contribution is 7.81. The van der Waals surface area contributed by atoms with Gasteiger partial charge < -0.3 is 9.64 Å². The van der Waals surface area contributed by atoms with Crippen molar-refractivity contribution in [2.75, 3.05) is 22.4 Å². The normalized spacial score (nSPS) is 16.1. The van der Waals surface area contributed by atoms with Crippen molar-refractivity contribution in [3.05, 3.63) is 83.1 Å². The molecule has 0 spiro atoms. The number of anilines is 3. The molecule has 38 heavy (non-hydrogen) atoms. The molecule has 0 aliphatic carbocycles. The predicted octanol–water partition coefficient (Wildman–Crippen LogP) is 5.11. The Balaban J connectivity index is 1.64. The van der Waals surface area contributed by atoms with Crippen LogP contribution in [0.3, 0.4) is 0 Å². The van der Waals surface area contributed by atoms with E-state index in [9.17, 15) is 22.3 Å². The van der Waals surface area contributed by atoms with E-state index in [0.717, 1.165) is 28.4 Å².